The van der Waals surface area contributed by atoms with Crippen LogP contribution in [0.1, 0.15) is 16.1 Å². The average Bonchev–Trinajstić information content (AvgIpc) is 2.67. The molecule has 3 rings (SSSR count). The largest absolute Gasteiger partial charge is 0.493 e. The number of piperazine rings is 1. The van der Waals surface area contributed by atoms with Crippen LogP contribution in [0.4, 0.5) is 5.82 Å². The van der Waals surface area contributed by atoms with E-state index in [9.17, 15) is 4.79 Å². The van der Waals surface area contributed by atoms with E-state index in [-0.39, 0.29) is 5.91 Å². The van der Waals surface area contributed by atoms with Crippen molar-refractivity contribution in [1.82, 2.24) is 14.9 Å². The summed E-state index contributed by atoms with van der Waals surface area (Å²) < 4.78 is 10.5. The summed E-state index contributed by atoms with van der Waals surface area (Å²) in [5, 5.41) is 0. The molecule has 25 heavy (non-hydrogen) atoms. The zero-order chi connectivity index (χ0) is 17.8. The number of anilines is 1. The minimum atomic E-state index is -0.000490. The van der Waals surface area contributed by atoms with Gasteiger partial charge in [-0.25, -0.2) is 9.97 Å². The van der Waals surface area contributed by atoms with Gasteiger partial charge in [0.05, 0.1) is 14.2 Å². The Hall–Kier alpha value is -2.83. The van der Waals surface area contributed by atoms with Crippen LogP contribution in [0, 0.1) is 6.92 Å². The molecule has 132 valence electrons. The van der Waals surface area contributed by atoms with Crippen LogP contribution in [0.2, 0.25) is 0 Å². The number of ether oxygens (including phenoxy) is 2. The normalized spacial score (nSPS) is 14.4. The molecule has 1 amide bonds. The molecule has 0 radical (unpaired) electrons. The fraction of sp³-hybridized carbons (Fsp3) is 0.389. The van der Waals surface area contributed by atoms with Crippen molar-refractivity contribution in [3.63, 3.8) is 0 Å². The lowest BCUT2D eigenvalue weighted by molar-refractivity contribution is 0.0746. The summed E-state index contributed by atoms with van der Waals surface area (Å²) in [6.45, 7) is 4.74. The first-order valence-electron chi connectivity index (χ1n) is 8.17. The van der Waals surface area contributed by atoms with Gasteiger partial charge in [0.2, 0.25) is 0 Å². The second kappa shape index (κ2) is 7.38. The standard InChI is InChI=1S/C18H22N4O3/c1-13-10-17(20-12-19-13)21-6-8-22(9-7-21)18(23)14-4-5-15(24-2)16(11-14)25-3/h4-5,10-12H,6-9H2,1-3H3. The number of methoxy groups -OCH3 is 2. The molecular weight excluding hydrogens is 320 g/mol. The van der Waals surface area contributed by atoms with E-state index in [1.807, 2.05) is 17.9 Å². The smallest absolute Gasteiger partial charge is 0.254 e. The zero-order valence-electron chi connectivity index (χ0n) is 14.7. The van der Waals surface area contributed by atoms with Crippen LogP contribution in [0.25, 0.3) is 0 Å². The third-order valence-electron chi connectivity index (χ3n) is 4.31. The second-order valence-corrected chi connectivity index (χ2v) is 5.87. The Balaban J connectivity index is 1.67. The molecule has 1 aromatic carbocycles. The number of nitrogens with zero attached hydrogens (tertiary/aromatic N) is 4. The van der Waals surface area contributed by atoms with Crippen LogP contribution < -0.4 is 14.4 Å². The summed E-state index contributed by atoms with van der Waals surface area (Å²) >= 11 is 0. The van der Waals surface area contributed by atoms with Crippen molar-refractivity contribution in [2.45, 2.75) is 6.92 Å². The Morgan fingerprint density at radius 3 is 2.36 bits per heavy atom. The van der Waals surface area contributed by atoms with Crippen molar-refractivity contribution in [2.75, 3.05) is 45.3 Å². The molecule has 0 spiro atoms. The molecule has 1 aromatic heterocycles. The number of rotatable bonds is 4. The molecule has 1 fully saturated rings. The quantitative estimate of drug-likeness (QED) is 0.843. The van der Waals surface area contributed by atoms with Crippen LogP contribution >= 0.6 is 0 Å². The summed E-state index contributed by atoms with van der Waals surface area (Å²) in [6.07, 6.45) is 1.58. The zero-order valence-corrected chi connectivity index (χ0v) is 14.7. The number of aryl methyl sites for hydroxylation is 1. The van der Waals surface area contributed by atoms with Crippen LogP contribution in [0.5, 0.6) is 11.5 Å². The lowest BCUT2D eigenvalue weighted by Crippen LogP contribution is -2.49. The average molecular weight is 342 g/mol. The SMILES string of the molecule is COc1ccc(C(=O)N2CCN(c3cc(C)ncn3)CC2)cc1OC. The van der Waals surface area contributed by atoms with Gasteiger partial charge in [-0.1, -0.05) is 0 Å². The van der Waals surface area contributed by atoms with Crippen molar-refractivity contribution in [1.29, 1.82) is 0 Å². The van der Waals surface area contributed by atoms with Crippen LogP contribution in [-0.4, -0.2) is 61.2 Å². The van der Waals surface area contributed by atoms with Gasteiger partial charge in [0.1, 0.15) is 12.1 Å². The maximum Gasteiger partial charge on any atom is 0.254 e. The lowest BCUT2D eigenvalue weighted by Gasteiger charge is -2.35. The van der Waals surface area contributed by atoms with Crippen molar-refractivity contribution in [2.24, 2.45) is 0 Å². The van der Waals surface area contributed by atoms with Gasteiger partial charge in [0.15, 0.2) is 11.5 Å². The maximum absolute atomic E-state index is 12.8. The Morgan fingerprint density at radius 2 is 1.72 bits per heavy atom. The molecule has 7 nitrogen and oxygen atoms in total. The van der Waals surface area contributed by atoms with Gasteiger partial charge >= 0.3 is 0 Å². The van der Waals surface area contributed by atoms with E-state index < -0.39 is 0 Å². The highest BCUT2D eigenvalue weighted by atomic mass is 16.5. The van der Waals surface area contributed by atoms with E-state index in [0.717, 1.165) is 24.6 Å². The van der Waals surface area contributed by atoms with Gasteiger partial charge < -0.3 is 19.3 Å². The monoisotopic (exact) mass is 342 g/mol. The number of amides is 1. The number of carbonyl (C=O) groups excluding carboxylic acids is 1. The first-order chi connectivity index (χ1) is 12.1. The molecule has 0 atom stereocenters. The van der Waals surface area contributed by atoms with E-state index >= 15 is 0 Å². The Morgan fingerprint density at radius 1 is 1.00 bits per heavy atom. The molecule has 1 aliphatic heterocycles. The van der Waals surface area contributed by atoms with Crippen LogP contribution in [0.3, 0.4) is 0 Å². The molecule has 2 aromatic rings. The molecule has 1 saturated heterocycles. The molecule has 0 aliphatic carbocycles. The molecule has 7 heteroatoms. The number of hydrogen-bond donors (Lipinski definition) is 0. The lowest BCUT2D eigenvalue weighted by atomic mass is 10.1. The topological polar surface area (TPSA) is 67.8 Å². The summed E-state index contributed by atoms with van der Waals surface area (Å²) in [5.41, 5.74) is 1.54. The van der Waals surface area contributed by atoms with E-state index in [0.29, 0.717) is 30.2 Å². The Kier molecular flexibility index (Phi) is 5.02. The Bertz CT molecular complexity index is 758. The number of aromatic nitrogens is 2. The number of carbonyl (C=O) groups is 1. The minimum Gasteiger partial charge on any atom is -0.493 e. The van der Waals surface area contributed by atoms with Gasteiger partial charge in [0, 0.05) is 43.5 Å². The summed E-state index contributed by atoms with van der Waals surface area (Å²) in [4.78, 5) is 25.2. The molecule has 1 aliphatic rings. The molecular formula is C18H22N4O3. The number of benzene rings is 1. The third-order valence-corrected chi connectivity index (χ3v) is 4.31. The molecule has 0 bridgehead atoms. The van der Waals surface area contributed by atoms with E-state index in [1.165, 1.54) is 0 Å². The molecule has 0 unspecified atom stereocenters. The predicted octanol–water partition coefficient (Wildman–Crippen LogP) is 1.76. The first kappa shape index (κ1) is 17.0. The Labute approximate surface area is 147 Å². The first-order valence-corrected chi connectivity index (χ1v) is 8.17. The highest BCUT2D eigenvalue weighted by Crippen LogP contribution is 2.28. The summed E-state index contributed by atoms with van der Waals surface area (Å²) in [7, 11) is 3.14. The summed E-state index contributed by atoms with van der Waals surface area (Å²) in [6, 6.07) is 7.21. The van der Waals surface area contributed by atoms with Crippen molar-refractivity contribution < 1.29 is 14.3 Å². The fourth-order valence-electron chi connectivity index (χ4n) is 2.90. The predicted molar refractivity (Wildman–Crippen MR) is 94.4 cm³/mol. The minimum absolute atomic E-state index is 0.000490. The van der Waals surface area contributed by atoms with Crippen molar-refractivity contribution >= 4 is 11.7 Å². The van der Waals surface area contributed by atoms with Crippen LogP contribution in [-0.2, 0) is 0 Å². The van der Waals surface area contributed by atoms with Crippen molar-refractivity contribution in [3.05, 3.63) is 41.9 Å². The van der Waals surface area contributed by atoms with Gasteiger partial charge in [-0.2, -0.15) is 0 Å². The van der Waals surface area contributed by atoms with Gasteiger partial charge in [-0.3, -0.25) is 4.79 Å². The highest BCUT2D eigenvalue weighted by molar-refractivity contribution is 5.95. The summed E-state index contributed by atoms with van der Waals surface area (Å²) in [5.74, 6) is 2.08. The molecule has 2 heterocycles. The van der Waals surface area contributed by atoms with Gasteiger partial charge in [-0.05, 0) is 25.1 Å². The van der Waals surface area contributed by atoms with Crippen LogP contribution in [0.15, 0.2) is 30.6 Å². The maximum atomic E-state index is 12.8. The van der Waals surface area contributed by atoms with E-state index in [2.05, 4.69) is 14.9 Å². The highest BCUT2D eigenvalue weighted by Gasteiger charge is 2.23. The van der Waals surface area contributed by atoms with Gasteiger partial charge in [0.25, 0.3) is 5.91 Å². The molecule has 0 saturated carbocycles. The molecule has 0 N–H and O–H groups in total. The fourth-order valence-corrected chi connectivity index (χ4v) is 2.90. The van der Waals surface area contributed by atoms with E-state index in [4.69, 9.17) is 9.47 Å². The van der Waals surface area contributed by atoms with Crippen molar-refractivity contribution in [3.8, 4) is 11.5 Å². The second-order valence-electron chi connectivity index (χ2n) is 5.87. The van der Waals surface area contributed by atoms with E-state index in [1.54, 1.807) is 38.7 Å². The number of hydrogen-bond acceptors (Lipinski definition) is 6. The van der Waals surface area contributed by atoms with Gasteiger partial charge in [-0.15, -0.1) is 0 Å². The third kappa shape index (κ3) is 3.65.